The van der Waals surface area contributed by atoms with Gasteiger partial charge in [0.25, 0.3) is 0 Å². The fourth-order valence-corrected chi connectivity index (χ4v) is 7.41. The van der Waals surface area contributed by atoms with Gasteiger partial charge in [-0.15, -0.1) is 0 Å². The van der Waals surface area contributed by atoms with Gasteiger partial charge in [0.1, 0.15) is 0 Å². The summed E-state index contributed by atoms with van der Waals surface area (Å²) >= 11 is 0. The van der Waals surface area contributed by atoms with Crippen molar-refractivity contribution in [1.29, 1.82) is 0 Å². The fourth-order valence-electron chi connectivity index (χ4n) is 7.41. The molecule has 0 aromatic rings. The summed E-state index contributed by atoms with van der Waals surface area (Å²) in [6, 6.07) is 0.315. The van der Waals surface area contributed by atoms with Crippen LogP contribution in [-0.2, 0) is 4.79 Å². The second kappa shape index (κ2) is 6.75. The van der Waals surface area contributed by atoms with Crippen LogP contribution < -0.4 is 10.6 Å². The second-order valence-electron chi connectivity index (χ2n) is 11.6. The topological polar surface area (TPSA) is 61.4 Å². The Kier molecular flexibility index (Phi) is 4.83. The first-order valence-corrected chi connectivity index (χ1v) is 11.5. The minimum atomic E-state index is -0.237. The van der Waals surface area contributed by atoms with Crippen molar-refractivity contribution in [2.24, 2.45) is 28.6 Å². The number of allylic oxidation sites excluding steroid dienone is 2. The summed E-state index contributed by atoms with van der Waals surface area (Å²) in [5.41, 5.74) is 1.20. The maximum atomic E-state index is 12.5. The van der Waals surface area contributed by atoms with Crippen molar-refractivity contribution in [2.45, 2.75) is 91.1 Å². The molecule has 2 saturated carbocycles. The lowest BCUT2D eigenvalue weighted by Crippen LogP contribution is -2.61. The molecule has 3 fully saturated rings. The number of fused-ring (bicyclic) bond motifs is 5. The Labute approximate surface area is 176 Å². The summed E-state index contributed by atoms with van der Waals surface area (Å²) in [5.74, 6) is 2.31. The summed E-state index contributed by atoms with van der Waals surface area (Å²) in [6.45, 7) is 10.9. The fraction of sp³-hybridized carbons (Fsp3) is 0.833. The zero-order chi connectivity index (χ0) is 21.2. The molecule has 5 nitrogen and oxygen atoms in total. The SMILES string of the molecule is CN1C(=O)CC[C@]2(C)[C@H]3CC[C@]4(C)C(NC(=O)NC(C)(C)C)=CC[C@H]4[C@@H]3CC[C@@H]12. The number of hydrogen-bond acceptors (Lipinski definition) is 2. The van der Waals surface area contributed by atoms with E-state index in [-0.39, 0.29) is 22.4 Å². The van der Waals surface area contributed by atoms with E-state index in [0.29, 0.717) is 36.1 Å². The number of hydrogen-bond donors (Lipinski definition) is 2. The minimum absolute atomic E-state index is 0.0655. The summed E-state index contributed by atoms with van der Waals surface area (Å²) in [7, 11) is 2.02. The molecule has 1 aliphatic heterocycles. The summed E-state index contributed by atoms with van der Waals surface area (Å²) in [6.07, 6.45) is 9.76. The molecule has 0 unspecified atom stereocenters. The van der Waals surface area contributed by atoms with E-state index in [1.807, 2.05) is 27.8 Å². The van der Waals surface area contributed by atoms with Crippen molar-refractivity contribution in [3.8, 4) is 0 Å². The predicted octanol–water partition coefficient (Wildman–Crippen LogP) is 4.44. The standard InChI is InChI=1S/C24H39N3O2/c1-22(2,3)26-21(29)25-18-9-8-16-15-7-10-19-24(5,14-12-20(28)27(19)6)17(15)11-13-23(16,18)4/h9,15-17,19H,7-8,10-14H2,1-6H3,(H2,25,26,29)/t15-,16-,17-,19+,23-,24+/m0/s1. The zero-order valence-corrected chi connectivity index (χ0v) is 19.1. The number of nitrogens with zero attached hydrogens (tertiary/aromatic N) is 1. The van der Waals surface area contributed by atoms with Crippen LogP contribution in [0.2, 0.25) is 0 Å². The number of rotatable bonds is 1. The molecular weight excluding hydrogens is 362 g/mol. The van der Waals surface area contributed by atoms with Crippen molar-refractivity contribution in [3.63, 3.8) is 0 Å². The molecule has 0 radical (unpaired) electrons. The smallest absolute Gasteiger partial charge is 0.319 e. The van der Waals surface area contributed by atoms with E-state index in [0.717, 1.165) is 31.4 Å². The van der Waals surface area contributed by atoms with Gasteiger partial charge >= 0.3 is 6.03 Å². The van der Waals surface area contributed by atoms with Crippen molar-refractivity contribution in [3.05, 3.63) is 11.8 Å². The van der Waals surface area contributed by atoms with Crippen LogP contribution in [0.4, 0.5) is 4.79 Å². The Morgan fingerprint density at radius 3 is 2.55 bits per heavy atom. The Morgan fingerprint density at radius 2 is 1.86 bits per heavy atom. The Balaban J connectivity index is 1.52. The highest BCUT2D eigenvalue weighted by atomic mass is 16.2. The van der Waals surface area contributed by atoms with E-state index in [4.69, 9.17) is 0 Å². The second-order valence-corrected chi connectivity index (χ2v) is 11.6. The van der Waals surface area contributed by atoms with Gasteiger partial charge in [0.15, 0.2) is 0 Å². The molecule has 3 amide bonds. The third kappa shape index (κ3) is 3.29. The van der Waals surface area contributed by atoms with Crippen molar-refractivity contribution in [2.75, 3.05) is 7.05 Å². The van der Waals surface area contributed by atoms with E-state index in [9.17, 15) is 9.59 Å². The largest absolute Gasteiger partial charge is 0.342 e. The number of carbonyl (C=O) groups is 2. The van der Waals surface area contributed by atoms with E-state index >= 15 is 0 Å². The van der Waals surface area contributed by atoms with Gasteiger partial charge in [-0.1, -0.05) is 19.9 Å². The van der Waals surface area contributed by atoms with E-state index in [2.05, 4.69) is 35.5 Å². The van der Waals surface area contributed by atoms with Crippen molar-refractivity contribution in [1.82, 2.24) is 15.5 Å². The van der Waals surface area contributed by atoms with Gasteiger partial charge in [0.05, 0.1) is 0 Å². The van der Waals surface area contributed by atoms with E-state index < -0.39 is 0 Å². The van der Waals surface area contributed by atoms with E-state index in [1.54, 1.807) is 0 Å². The summed E-state index contributed by atoms with van der Waals surface area (Å²) in [5, 5.41) is 6.25. The molecule has 0 aromatic carbocycles. The number of piperidine rings is 1. The van der Waals surface area contributed by atoms with Crippen molar-refractivity contribution < 1.29 is 9.59 Å². The van der Waals surface area contributed by atoms with Gasteiger partial charge in [-0.25, -0.2) is 4.79 Å². The third-order valence-electron chi connectivity index (χ3n) is 8.87. The molecule has 4 aliphatic rings. The normalized spacial score (nSPS) is 41.8. The highest BCUT2D eigenvalue weighted by Crippen LogP contribution is 2.64. The van der Waals surface area contributed by atoms with Crippen molar-refractivity contribution >= 4 is 11.9 Å². The van der Waals surface area contributed by atoms with Gasteiger partial charge in [-0.2, -0.15) is 0 Å². The first-order valence-electron chi connectivity index (χ1n) is 11.5. The molecule has 162 valence electrons. The maximum absolute atomic E-state index is 12.5. The molecule has 5 heteroatoms. The highest BCUT2D eigenvalue weighted by Gasteiger charge is 2.59. The molecule has 1 saturated heterocycles. The van der Waals surface area contributed by atoms with Crippen LogP contribution in [0.15, 0.2) is 11.8 Å². The lowest BCUT2D eigenvalue weighted by molar-refractivity contribution is -0.156. The first kappa shape index (κ1) is 20.7. The molecule has 4 rings (SSSR count). The van der Waals surface area contributed by atoms with Crippen LogP contribution in [-0.4, -0.2) is 35.5 Å². The first-order chi connectivity index (χ1) is 13.5. The minimum Gasteiger partial charge on any atom is -0.342 e. The Bertz CT molecular complexity index is 739. The van der Waals surface area contributed by atoms with Gasteiger partial charge in [0.2, 0.25) is 5.91 Å². The number of carbonyl (C=O) groups excluding carboxylic acids is 2. The number of nitrogens with one attached hydrogen (secondary N) is 2. The number of likely N-dealkylation sites (tertiary alicyclic amines) is 1. The molecule has 29 heavy (non-hydrogen) atoms. The summed E-state index contributed by atoms with van der Waals surface area (Å²) < 4.78 is 0. The van der Waals surface area contributed by atoms with Crippen LogP contribution in [0, 0.1) is 28.6 Å². The van der Waals surface area contributed by atoms with E-state index in [1.165, 1.54) is 12.8 Å². The van der Waals surface area contributed by atoms with Crippen LogP contribution in [0.1, 0.15) is 79.6 Å². The van der Waals surface area contributed by atoms with Gasteiger partial charge in [0, 0.05) is 36.2 Å². The molecule has 3 aliphatic carbocycles. The molecule has 2 N–H and O–H groups in total. The average molecular weight is 402 g/mol. The lowest BCUT2D eigenvalue weighted by Gasteiger charge is -2.61. The van der Waals surface area contributed by atoms with Crippen LogP contribution >= 0.6 is 0 Å². The lowest BCUT2D eigenvalue weighted by atomic mass is 9.47. The number of amides is 3. The van der Waals surface area contributed by atoms with Gasteiger partial charge in [-0.3, -0.25) is 4.79 Å². The maximum Gasteiger partial charge on any atom is 0.319 e. The molecular formula is C24H39N3O2. The molecule has 6 atom stereocenters. The van der Waals surface area contributed by atoms with Crippen LogP contribution in [0.5, 0.6) is 0 Å². The average Bonchev–Trinajstić information content (AvgIpc) is 2.93. The predicted molar refractivity (Wildman–Crippen MR) is 115 cm³/mol. The third-order valence-corrected chi connectivity index (χ3v) is 8.87. The number of urea groups is 1. The van der Waals surface area contributed by atoms with Crippen LogP contribution in [0.25, 0.3) is 0 Å². The van der Waals surface area contributed by atoms with Gasteiger partial charge < -0.3 is 15.5 Å². The summed E-state index contributed by atoms with van der Waals surface area (Å²) in [4.78, 5) is 26.9. The monoisotopic (exact) mass is 401 g/mol. The Hall–Kier alpha value is -1.52. The Morgan fingerprint density at radius 1 is 1.14 bits per heavy atom. The molecule has 0 aromatic heterocycles. The zero-order valence-electron chi connectivity index (χ0n) is 19.1. The molecule has 0 bridgehead atoms. The quantitative estimate of drug-likeness (QED) is 0.682. The molecule has 0 spiro atoms. The van der Waals surface area contributed by atoms with Crippen LogP contribution in [0.3, 0.4) is 0 Å². The molecule has 1 heterocycles. The van der Waals surface area contributed by atoms with Gasteiger partial charge in [-0.05, 0) is 82.5 Å². The highest BCUT2D eigenvalue weighted by molar-refractivity contribution is 5.77.